The number of carbonyl (C=O) groups excluding carboxylic acids is 1. The van der Waals surface area contributed by atoms with Crippen LogP contribution in [0.3, 0.4) is 0 Å². The number of aryl methyl sites for hydroxylation is 1. The molecule has 1 aliphatic rings. The molecule has 16 heavy (non-hydrogen) atoms. The highest BCUT2D eigenvalue weighted by molar-refractivity contribution is 9.10. The lowest BCUT2D eigenvalue weighted by Crippen LogP contribution is -2.28. The van der Waals surface area contributed by atoms with E-state index < -0.39 is 0 Å². The minimum absolute atomic E-state index is 0.159. The molecule has 1 aliphatic heterocycles. The largest absolute Gasteiger partial charge is 0.469 e. The third-order valence-corrected chi connectivity index (χ3v) is 3.51. The molecule has 0 spiro atoms. The molecule has 1 heterocycles. The van der Waals surface area contributed by atoms with Gasteiger partial charge in [-0.25, -0.2) is 0 Å². The van der Waals surface area contributed by atoms with Gasteiger partial charge in [-0.3, -0.25) is 4.79 Å². The topological polar surface area (TPSA) is 38.3 Å². The number of esters is 1. The van der Waals surface area contributed by atoms with E-state index in [1.54, 1.807) is 0 Å². The molecule has 86 valence electrons. The van der Waals surface area contributed by atoms with Crippen LogP contribution in [0.4, 0.5) is 5.69 Å². The van der Waals surface area contributed by atoms with Gasteiger partial charge in [-0.1, -0.05) is 12.1 Å². The first kappa shape index (κ1) is 11.5. The van der Waals surface area contributed by atoms with Crippen molar-refractivity contribution in [2.75, 3.05) is 12.4 Å². The van der Waals surface area contributed by atoms with Crippen LogP contribution in [0.25, 0.3) is 0 Å². The number of halogens is 1. The van der Waals surface area contributed by atoms with Crippen LogP contribution in [0.2, 0.25) is 0 Å². The lowest BCUT2D eigenvalue weighted by Gasteiger charge is -2.27. The third kappa shape index (κ3) is 2.38. The van der Waals surface area contributed by atoms with Gasteiger partial charge in [-0.2, -0.15) is 0 Å². The van der Waals surface area contributed by atoms with E-state index in [-0.39, 0.29) is 12.0 Å². The molecule has 3 nitrogen and oxygen atoms in total. The van der Waals surface area contributed by atoms with Gasteiger partial charge in [-0.05, 0) is 40.4 Å². The second-order valence-corrected chi connectivity index (χ2v) is 4.79. The van der Waals surface area contributed by atoms with Crippen molar-refractivity contribution in [1.29, 1.82) is 0 Å². The van der Waals surface area contributed by atoms with E-state index in [0.717, 1.165) is 23.0 Å². The monoisotopic (exact) mass is 283 g/mol. The number of anilines is 1. The fourth-order valence-electron chi connectivity index (χ4n) is 1.98. The summed E-state index contributed by atoms with van der Waals surface area (Å²) >= 11 is 3.51. The van der Waals surface area contributed by atoms with Crippen LogP contribution in [-0.4, -0.2) is 19.1 Å². The Bertz CT molecular complexity index is 406. The molecule has 1 N–H and O–H groups in total. The van der Waals surface area contributed by atoms with E-state index in [4.69, 9.17) is 0 Å². The summed E-state index contributed by atoms with van der Waals surface area (Å²) in [5.41, 5.74) is 2.41. The molecule has 0 saturated heterocycles. The number of hydrogen-bond acceptors (Lipinski definition) is 3. The van der Waals surface area contributed by atoms with Gasteiger partial charge in [0.1, 0.15) is 0 Å². The van der Waals surface area contributed by atoms with Crippen molar-refractivity contribution in [2.45, 2.75) is 25.3 Å². The van der Waals surface area contributed by atoms with Crippen LogP contribution in [-0.2, 0) is 16.0 Å². The molecule has 2 rings (SSSR count). The molecule has 1 aromatic carbocycles. The highest BCUT2D eigenvalue weighted by Crippen LogP contribution is 2.32. The molecule has 0 aromatic heterocycles. The number of fused-ring (bicyclic) bond motifs is 1. The summed E-state index contributed by atoms with van der Waals surface area (Å²) in [7, 11) is 1.43. The maximum atomic E-state index is 11.2. The number of ether oxygens (including phenoxy) is 1. The SMILES string of the molecule is COC(=O)CC1CCc2cccc(Br)c2N1. The molecule has 0 bridgehead atoms. The van der Waals surface area contributed by atoms with E-state index in [9.17, 15) is 4.79 Å². The average molecular weight is 284 g/mol. The number of hydrogen-bond donors (Lipinski definition) is 1. The minimum atomic E-state index is -0.159. The summed E-state index contributed by atoms with van der Waals surface area (Å²) in [4.78, 5) is 11.2. The molecule has 0 aliphatic carbocycles. The molecule has 1 unspecified atom stereocenters. The Kier molecular flexibility index (Phi) is 3.49. The van der Waals surface area contributed by atoms with Crippen LogP contribution >= 0.6 is 15.9 Å². The summed E-state index contributed by atoms with van der Waals surface area (Å²) < 4.78 is 5.74. The van der Waals surface area contributed by atoms with Gasteiger partial charge in [-0.15, -0.1) is 0 Å². The van der Waals surface area contributed by atoms with Gasteiger partial charge in [0.15, 0.2) is 0 Å². The second-order valence-electron chi connectivity index (χ2n) is 3.93. The first-order valence-electron chi connectivity index (χ1n) is 5.31. The van der Waals surface area contributed by atoms with Crippen LogP contribution in [0.1, 0.15) is 18.4 Å². The normalized spacial score (nSPS) is 18.5. The zero-order valence-electron chi connectivity index (χ0n) is 9.13. The third-order valence-electron chi connectivity index (χ3n) is 2.85. The zero-order chi connectivity index (χ0) is 11.5. The summed E-state index contributed by atoms with van der Waals surface area (Å²) in [5, 5.41) is 3.38. The van der Waals surface area contributed by atoms with Crippen LogP contribution in [0.5, 0.6) is 0 Å². The smallest absolute Gasteiger partial charge is 0.307 e. The quantitative estimate of drug-likeness (QED) is 0.849. The number of para-hydroxylation sites is 1. The Morgan fingerprint density at radius 2 is 2.44 bits per heavy atom. The maximum absolute atomic E-state index is 11.2. The molecule has 1 atom stereocenters. The highest BCUT2D eigenvalue weighted by Gasteiger charge is 2.21. The Balaban J connectivity index is 2.11. The van der Waals surface area contributed by atoms with Crippen molar-refractivity contribution < 1.29 is 9.53 Å². The van der Waals surface area contributed by atoms with Crippen LogP contribution in [0, 0.1) is 0 Å². The number of rotatable bonds is 2. The molecule has 0 radical (unpaired) electrons. The first-order valence-corrected chi connectivity index (χ1v) is 6.10. The number of carbonyl (C=O) groups is 1. The Labute approximate surface area is 103 Å². The van der Waals surface area contributed by atoms with Gasteiger partial charge < -0.3 is 10.1 Å². The van der Waals surface area contributed by atoms with E-state index in [0.29, 0.717) is 6.42 Å². The van der Waals surface area contributed by atoms with Crippen molar-refractivity contribution in [1.82, 2.24) is 0 Å². The minimum Gasteiger partial charge on any atom is -0.469 e. The van der Waals surface area contributed by atoms with E-state index in [1.165, 1.54) is 12.7 Å². The second kappa shape index (κ2) is 4.87. The highest BCUT2D eigenvalue weighted by atomic mass is 79.9. The van der Waals surface area contributed by atoms with Crippen molar-refractivity contribution in [3.63, 3.8) is 0 Å². The van der Waals surface area contributed by atoms with Gasteiger partial charge in [0.2, 0.25) is 0 Å². The number of nitrogens with one attached hydrogen (secondary N) is 1. The first-order chi connectivity index (χ1) is 7.70. The molecule has 1 aromatic rings. The van der Waals surface area contributed by atoms with Gasteiger partial charge in [0.25, 0.3) is 0 Å². The summed E-state index contributed by atoms with van der Waals surface area (Å²) in [6.45, 7) is 0. The average Bonchev–Trinajstić information content (AvgIpc) is 2.30. The molecule has 0 fully saturated rings. The fourth-order valence-corrected chi connectivity index (χ4v) is 2.50. The molecular weight excluding hydrogens is 270 g/mol. The van der Waals surface area contributed by atoms with Crippen molar-refractivity contribution >= 4 is 27.6 Å². The molecule has 0 amide bonds. The van der Waals surface area contributed by atoms with E-state index >= 15 is 0 Å². The Morgan fingerprint density at radius 3 is 3.19 bits per heavy atom. The Hall–Kier alpha value is -1.03. The van der Waals surface area contributed by atoms with E-state index in [2.05, 4.69) is 32.0 Å². The fraction of sp³-hybridized carbons (Fsp3) is 0.417. The summed E-state index contributed by atoms with van der Waals surface area (Å²) in [6, 6.07) is 6.33. The number of benzene rings is 1. The van der Waals surface area contributed by atoms with Gasteiger partial charge in [0.05, 0.1) is 19.2 Å². The van der Waals surface area contributed by atoms with Crippen LogP contribution < -0.4 is 5.32 Å². The van der Waals surface area contributed by atoms with Gasteiger partial charge >= 0.3 is 5.97 Å². The van der Waals surface area contributed by atoms with Crippen molar-refractivity contribution in [3.05, 3.63) is 28.2 Å². The molecule has 4 heteroatoms. The predicted octanol–water partition coefficient (Wildman–Crippen LogP) is 2.74. The van der Waals surface area contributed by atoms with Crippen molar-refractivity contribution in [2.24, 2.45) is 0 Å². The zero-order valence-corrected chi connectivity index (χ0v) is 10.7. The predicted molar refractivity (Wildman–Crippen MR) is 66.5 cm³/mol. The standard InChI is InChI=1S/C12H14BrNO2/c1-16-11(15)7-9-6-5-8-3-2-4-10(13)12(8)14-9/h2-4,9,14H,5-7H2,1H3. The van der Waals surface area contributed by atoms with Crippen molar-refractivity contribution in [3.8, 4) is 0 Å². The Morgan fingerprint density at radius 1 is 1.62 bits per heavy atom. The lowest BCUT2D eigenvalue weighted by molar-refractivity contribution is -0.140. The molecular formula is C12H14BrNO2. The molecule has 0 saturated carbocycles. The summed E-state index contributed by atoms with van der Waals surface area (Å²) in [6.07, 6.45) is 2.40. The summed E-state index contributed by atoms with van der Waals surface area (Å²) in [5.74, 6) is -0.159. The number of methoxy groups -OCH3 is 1. The van der Waals surface area contributed by atoms with E-state index in [1.807, 2.05) is 12.1 Å². The lowest BCUT2D eigenvalue weighted by atomic mass is 9.96. The van der Waals surface area contributed by atoms with Gasteiger partial charge in [0, 0.05) is 10.5 Å². The van der Waals surface area contributed by atoms with Crippen LogP contribution in [0.15, 0.2) is 22.7 Å². The maximum Gasteiger partial charge on any atom is 0.307 e.